The number of rotatable bonds is 6. The van der Waals surface area contributed by atoms with Gasteiger partial charge in [0.2, 0.25) is 5.91 Å². The summed E-state index contributed by atoms with van der Waals surface area (Å²) in [6, 6.07) is 9.44. The molecule has 1 aliphatic carbocycles. The summed E-state index contributed by atoms with van der Waals surface area (Å²) in [4.78, 5) is 16.8. The Morgan fingerprint density at radius 3 is 2.62 bits per heavy atom. The van der Waals surface area contributed by atoms with Crippen LogP contribution in [0, 0.1) is 5.92 Å². The highest BCUT2D eigenvalue weighted by Gasteiger charge is 2.26. The van der Waals surface area contributed by atoms with Crippen molar-refractivity contribution in [2.24, 2.45) is 11.7 Å². The van der Waals surface area contributed by atoms with E-state index in [4.69, 9.17) is 5.73 Å². The molecule has 1 amide bonds. The molecule has 1 aromatic carbocycles. The summed E-state index contributed by atoms with van der Waals surface area (Å²) in [6.07, 6.45) is 2.50. The van der Waals surface area contributed by atoms with Crippen LogP contribution in [0.3, 0.4) is 0 Å². The Balaban J connectivity index is 0.00000144. The van der Waals surface area contributed by atoms with Gasteiger partial charge in [-0.25, -0.2) is 4.98 Å². The Labute approximate surface area is 159 Å². The van der Waals surface area contributed by atoms with Crippen molar-refractivity contribution < 1.29 is 4.79 Å². The number of carbonyl (C=O) groups excluding carboxylic acids is 1. The van der Waals surface area contributed by atoms with Gasteiger partial charge in [-0.15, -0.1) is 36.2 Å². The minimum atomic E-state index is -0.292. The molecule has 2 atom stereocenters. The zero-order valence-corrected chi connectivity index (χ0v) is 15.9. The third kappa shape index (κ3) is 5.18. The van der Waals surface area contributed by atoms with Gasteiger partial charge in [-0.3, -0.25) is 4.79 Å². The molecule has 0 spiro atoms. The number of nitrogens with two attached hydrogens (primary N) is 1. The molecule has 3 N–H and O–H groups in total. The van der Waals surface area contributed by atoms with Gasteiger partial charge in [0.15, 0.2) is 0 Å². The summed E-state index contributed by atoms with van der Waals surface area (Å²) in [6.45, 7) is 2.35. The predicted octanol–water partition coefficient (Wildman–Crippen LogP) is 3.82. The molecule has 1 aliphatic rings. The summed E-state index contributed by atoms with van der Waals surface area (Å²) in [5, 5.41) is 6.03. The van der Waals surface area contributed by atoms with Crippen LogP contribution >= 0.6 is 36.2 Å². The van der Waals surface area contributed by atoms with Crippen molar-refractivity contribution in [3.8, 4) is 0 Å². The molecule has 7 heteroatoms. The van der Waals surface area contributed by atoms with Crippen LogP contribution in [-0.4, -0.2) is 10.9 Å². The fraction of sp³-hybridized carbons (Fsp3) is 0.412. The van der Waals surface area contributed by atoms with Gasteiger partial charge in [-0.05, 0) is 18.4 Å². The number of hydrogen-bond donors (Lipinski definition) is 2. The number of nitrogens with one attached hydrogen (secondary N) is 1. The van der Waals surface area contributed by atoms with E-state index in [0.29, 0.717) is 12.5 Å². The van der Waals surface area contributed by atoms with Crippen molar-refractivity contribution in [1.82, 2.24) is 10.3 Å². The van der Waals surface area contributed by atoms with Gasteiger partial charge in [-0.1, -0.05) is 37.3 Å². The Bertz CT molecular complexity index is 646. The van der Waals surface area contributed by atoms with Crippen LogP contribution in [0.15, 0.2) is 35.7 Å². The van der Waals surface area contributed by atoms with Crippen molar-refractivity contribution in [2.75, 3.05) is 0 Å². The topological polar surface area (TPSA) is 68.0 Å². The fourth-order valence-corrected chi connectivity index (χ4v) is 3.24. The van der Waals surface area contributed by atoms with Gasteiger partial charge in [0.25, 0.3) is 0 Å². The van der Waals surface area contributed by atoms with E-state index in [-0.39, 0.29) is 42.7 Å². The highest BCUT2D eigenvalue weighted by atomic mass is 35.5. The second-order valence-electron chi connectivity index (χ2n) is 5.88. The van der Waals surface area contributed by atoms with Gasteiger partial charge in [0.1, 0.15) is 5.01 Å². The van der Waals surface area contributed by atoms with Crippen molar-refractivity contribution in [2.45, 2.75) is 38.3 Å². The average molecular weight is 388 g/mol. The van der Waals surface area contributed by atoms with E-state index < -0.39 is 0 Å². The first-order valence-electron chi connectivity index (χ1n) is 7.67. The number of amides is 1. The lowest BCUT2D eigenvalue weighted by atomic mass is 9.95. The van der Waals surface area contributed by atoms with Crippen LogP contribution < -0.4 is 11.1 Å². The molecule has 4 nitrogen and oxygen atoms in total. The second-order valence-corrected chi connectivity index (χ2v) is 6.83. The van der Waals surface area contributed by atoms with E-state index in [9.17, 15) is 4.79 Å². The maximum absolute atomic E-state index is 12.3. The summed E-state index contributed by atoms with van der Waals surface area (Å²) in [5.74, 6) is 0.357. The van der Waals surface area contributed by atoms with Gasteiger partial charge in [0, 0.05) is 17.3 Å². The third-order valence-corrected chi connectivity index (χ3v) is 4.98. The molecule has 3 rings (SSSR count). The number of benzene rings is 1. The highest BCUT2D eigenvalue weighted by Crippen LogP contribution is 2.40. The normalized spacial score (nSPS) is 15.6. The largest absolute Gasteiger partial charge is 0.349 e. The van der Waals surface area contributed by atoms with E-state index in [1.807, 2.05) is 37.3 Å². The van der Waals surface area contributed by atoms with Crippen LogP contribution in [0.25, 0.3) is 0 Å². The zero-order chi connectivity index (χ0) is 15.5. The second kappa shape index (κ2) is 9.37. The lowest BCUT2D eigenvalue weighted by molar-refractivity contribution is -0.125. The molecule has 1 saturated carbocycles. The van der Waals surface area contributed by atoms with E-state index in [0.717, 1.165) is 10.6 Å². The Morgan fingerprint density at radius 2 is 2.00 bits per heavy atom. The average Bonchev–Trinajstić information content (AvgIpc) is 3.30. The molecular formula is C17H23Cl2N3OS. The summed E-state index contributed by atoms with van der Waals surface area (Å²) in [7, 11) is 0. The molecule has 1 fully saturated rings. The Kier molecular flexibility index (Phi) is 8.16. The van der Waals surface area contributed by atoms with Crippen molar-refractivity contribution in [1.29, 1.82) is 0 Å². The molecule has 0 aliphatic heterocycles. The predicted molar refractivity (Wildman–Crippen MR) is 103 cm³/mol. The number of halogens is 2. The molecule has 132 valence electrons. The van der Waals surface area contributed by atoms with E-state index in [1.54, 1.807) is 11.3 Å². The number of carbonyl (C=O) groups is 1. The maximum Gasteiger partial charge on any atom is 0.225 e. The first-order valence-corrected chi connectivity index (χ1v) is 8.55. The summed E-state index contributed by atoms with van der Waals surface area (Å²) < 4.78 is 0. The number of nitrogens with zero attached hydrogens (tertiary/aromatic N) is 1. The van der Waals surface area contributed by atoms with E-state index in [2.05, 4.69) is 15.7 Å². The highest BCUT2D eigenvalue weighted by molar-refractivity contribution is 7.09. The Morgan fingerprint density at radius 1 is 1.33 bits per heavy atom. The van der Waals surface area contributed by atoms with Gasteiger partial charge >= 0.3 is 0 Å². The van der Waals surface area contributed by atoms with Gasteiger partial charge in [0.05, 0.1) is 18.2 Å². The van der Waals surface area contributed by atoms with Crippen LogP contribution in [0.2, 0.25) is 0 Å². The number of hydrogen-bond acceptors (Lipinski definition) is 4. The molecule has 0 saturated heterocycles. The molecular weight excluding hydrogens is 365 g/mol. The minimum Gasteiger partial charge on any atom is -0.349 e. The lowest BCUT2D eigenvalue weighted by Crippen LogP contribution is -2.35. The fourth-order valence-electron chi connectivity index (χ4n) is 2.42. The maximum atomic E-state index is 12.3. The first kappa shape index (κ1) is 20.9. The van der Waals surface area contributed by atoms with Crippen molar-refractivity contribution in [3.05, 3.63) is 52.0 Å². The zero-order valence-electron chi connectivity index (χ0n) is 13.5. The smallest absolute Gasteiger partial charge is 0.225 e. The van der Waals surface area contributed by atoms with Gasteiger partial charge < -0.3 is 11.1 Å². The monoisotopic (exact) mass is 387 g/mol. The molecule has 0 radical (unpaired) electrons. The van der Waals surface area contributed by atoms with Crippen LogP contribution in [-0.2, 0) is 11.3 Å². The summed E-state index contributed by atoms with van der Waals surface area (Å²) >= 11 is 1.62. The summed E-state index contributed by atoms with van der Waals surface area (Å²) in [5.41, 5.74) is 8.35. The van der Waals surface area contributed by atoms with Gasteiger partial charge in [-0.2, -0.15) is 0 Å². The van der Waals surface area contributed by atoms with Crippen molar-refractivity contribution in [3.63, 3.8) is 0 Å². The standard InChI is InChI=1S/C17H21N3OS.2ClH/c1-11(16(18)13-5-3-2-4-6-13)17(21)19-9-15-20-14(10-22-15)12-7-8-12;;/h2-6,10-12,16H,7-9,18H2,1H3,(H,19,21);2*1H. The van der Waals surface area contributed by atoms with Crippen molar-refractivity contribution >= 4 is 42.1 Å². The molecule has 1 aromatic heterocycles. The van der Waals surface area contributed by atoms with E-state index in [1.165, 1.54) is 18.5 Å². The quantitative estimate of drug-likeness (QED) is 0.791. The molecule has 1 heterocycles. The number of thiazole rings is 1. The molecule has 24 heavy (non-hydrogen) atoms. The van der Waals surface area contributed by atoms with Crippen LogP contribution in [0.5, 0.6) is 0 Å². The molecule has 2 unspecified atom stereocenters. The third-order valence-electron chi connectivity index (χ3n) is 4.12. The first-order chi connectivity index (χ1) is 10.6. The lowest BCUT2D eigenvalue weighted by Gasteiger charge is -2.19. The Hall–Kier alpha value is -1.14. The minimum absolute atomic E-state index is 0. The SMILES string of the molecule is CC(C(=O)NCc1nc(C2CC2)cs1)C(N)c1ccccc1.Cl.Cl. The van der Waals surface area contributed by atoms with E-state index >= 15 is 0 Å². The molecule has 0 bridgehead atoms. The number of aromatic nitrogens is 1. The van der Waals surface area contributed by atoms with Crippen LogP contribution in [0.1, 0.15) is 48.0 Å². The molecule has 2 aromatic rings. The van der Waals surface area contributed by atoms with Crippen LogP contribution in [0.4, 0.5) is 0 Å².